The quantitative estimate of drug-likeness (QED) is 0.718. The summed E-state index contributed by atoms with van der Waals surface area (Å²) in [6.07, 6.45) is 7.10. The molecule has 118 valence electrons. The van der Waals surface area contributed by atoms with E-state index in [1.165, 1.54) is 5.69 Å². The number of piperazine rings is 1. The zero-order valence-corrected chi connectivity index (χ0v) is 12.9. The molecule has 1 fully saturated rings. The van der Waals surface area contributed by atoms with Gasteiger partial charge in [0.1, 0.15) is 6.33 Å². The van der Waals surface area contributed by atoms with Crippen molar-refractivity contribution in [3.8, 4) is 0 Å². The summed E-state index contributed by atoms with van der Waals surface area (Å²) >= 11 is 0. The van der Waals surface area contributed by atoms with Gasteiger partial charge in [0.15, 0.2) is 0 Å². The average molecular weight is 309 g/mol. The van der Waals surface area contributed by atoms with Gasteiger partial charge in [-0.1, -0.05) is 5.21 Å². The molecule has 3 aromatic rings. The molecule has 0 bridgehead atoms. The fraction of sp³-hybridized carbons (Fsp3) is 0.375. The maximum atomic E-state index is 4.28. The van der Waals surface area contributed by atoms with Crippen LogP contribution in [0.25, 0.3) is 10.9 Å². The second-order valence-electron chi connectivity index (χ2n) is 5.76. The maximum Gasteiger partial charge on any atom is 0.116 e. The van der Waals surface area contributed by atoms with E-state index in [0.717, 1.165) is 50.2 Å². The van der Waals surface area contributed by atoms with Gasteiger partial charge in [0.2, 0.25) is 0 Å². The molecule has 3 heterocycles. The number of hydrogen-bond acceptors (Lipinski definition) is 6. The van der Waals surface area contributed by atoms with Crippen LogP contribution in [0.2, 0.25) is 0 Å². The van der Waals surface area contributed by atoms with E-state index in [1.54, 1.807) is 12.5 Å². The van der Waals surface area contributed by atoms with Crippen molar-refractivity contribution in [1.82, 2.24) is 29.9 Å². The van der Waals surface area contributed by atoms with Gasteiger partial charge in [-0.05, 0) is 18.2 Å². The molecule has 0 spiro atoms. The molecule has 0 saturated carbocycles. The predicted octanol–water partition coefficient (Wildman–Crippen LogP) is 1.04. The van der Waals surface area contributed by atoms with Gasteiger partial charge in [0, 0.05) is 56.2 Å². The molecule has 7 nitrogen and oxygen atoms in total. The number of aromatic nitrogens is 5. The van der Waals surface area contributed by atoms with Gasteiger partial charge in [-0.15, -0.1) is 5.10 Å². The topological polar surface area (TPSA) is 63.0 Å². The van der Waals surface area contributed by atoms with E-state index < -0.39 is 0 Å². The minimum atomic E-state index is 0.896. The van der Waals surface area contributed by atoms with E-state index in [1.807, 2.05) is 17.1 Å². The third-order valence-corrected chi connectivity index (χ3v) is 4.34. The summed E-state index contributed by atoms with van der Waals surface area (Å²) in [5.74, 6) is 0. The molecule has 23 heavy (non-hydrogen) atoms. The van der Waals surface area contributed by atoms with Crippen LogP contribution in [0, 0.1) is 0 Å². The molecule has 7 heteroatoms. The lowest BCUT2D eigenvalue weighted by molar-refractivity contribution is 0.244. The van der Waals surface area contributed by atoms with Crippen molar-refractivity contribution in [3.63, 3.8) is 0 Å². The first-order valence-corrected chi connectivity index (χ1v) is 7.90. The Bertz CT molecular complexity index is 763. The number of anilines is 1. The predicted molar refractivity (Wildman–Crippen MR) is 88.2 cm³/mol. The highest BCUT2D eigenvalue weighted by atomic mass is 15.4. The summed E-state index contributed by atoms with van der Waals surface area (Å²) in [5, 5.41) is 8.94. The Morgan fingerprint density at radius 1 is 1.04 bits per heavy atom. The van der Waals surface area contributed by atoms with Crippen molar-refractivity contribution >= 4 is 16.6 Å². The van der Waals surface area contributed by atoms with Crippen molar-refractivity contribution in [2.24, 2.45) is 0 Å². The standard InChI is InChI=1S/C16H19N7/c1-2-16-14(12-17-13-18-16)11-15(1)22-8-5-21(6-9-22)7-10-23-4-3-19-20-23/h1-4,11-13H,5-10H2. The molecule has 0 amide bonds. The highest BCUT2D eigenvalue weighted by molar-refractivity contribution is 5.81. The Kier molecular flexibility index (Phi) is 3.85. The largest absolute Gasteiger partial charge is 0.369 e. The zero-order chi connectivity index (χ0) is 15.5. The molecular formula is C16H19N7. The number of benzene rings is 1. The van der Waals surface area contributed by atoms with Crippen molar-refractivity contribution in [1.29, 1.82) is 0 Å². The van der Waals surface area contributed by atoms with E-state index in [9.17, 15) is 0 Å². The Morgan fingerprint density at radius 2 is 1.96 bits per heavy atom. The van der Waals surface area contributed by atoms with Crippen LogP contribution in [0.15, 0.2) is 43.1 Å². The van der Waals surface area contributed by atoms with Gasteiger partial charge in [-0.2, -0.15) is 0 Å². The van der Waals surface area contributed by atoms with Crippen LogP contribution in [0.4, 0.5) is 5.69 Å². The normalized spacial score (nSPS) is 16.1. The summed E-state index contributed by atoms with van der Waals surface area (Å²) in [7, 11) is 0. The summed E-state index contributed by atoms with van der Waals surface area (Å²) in [5.41, 5.74) is 2.25. The maximum absolute atomic E-state index is 4.28. The highest BCUT2D eigenvalue weighted by Gasteiger charge is 2.17. The van der Waals surface area contributed by atoms with Crippen LogP contribution in [0.5, 0.6) is 0 Å². The lowest BCUT2D eigenvalue weighted by Gasteiger charge is -2.36. The Hall–Kier alpha value is -2.54. The number of rotatable bonds is 4. The highest BCUT2D eigenvalue weighted by Crippen LogP contribution is 2.21. The van der Waals surface area contributed by atoms with E-state index in [4.69, 9.17) is 0 Å². The smallest absolute Gasteiger partial charge is 0.116 e. The molecule has 1 aromatic carbocycles. The first-order chi connectivity index (χ1) is 11.4. The van der Waals surface area contributed by atoms with E-state index in [-0.39, 0.29) is 0 Å². The van der Waals surface area contributed by atoms with Gasteiger partial charge >= 0.3 is 0 Å². The number of hydrogen-bond donors (Lipinski definition) is 0. The second-order valence-corrected chi connectivity index (χ2v) is 5.76. The first kappa shape index (κ1) is 14.1. The third kappa shape index (κ3) is 3.14. The second kappa shape index (κ2) is 6.29. The summed E-state index contributed by atoms with van der Waals surface area (Å²) < 4.78 is 1.88. The van der Waals surface area contributed by atoms with Crippen LogP contribution in [0.1, 0.15) is 0 Å². The molecule has 0 unspecified atom stereocenters. The van der Waals surface area contributed by atoms with Crippen molar-refractivity contribution in [2.75, 3.05) is 37.6 Å². The SMILES string of the molecule is c1cn(CCN2CCN(c3ccc4ncncc4c3)CC2)nn1. The van der Waals surface area contributed by atoms with Crippen LogP contribution >= 0.6 is 0 Å². The summed E-state index contributed by atoms with van der Waals surface area (Å²) in [6.45, 7) is 6.12. The average Bonchev–Trinajstić information content (AvgIpc) is 3.14. The summed E-state index contributed by atoms with van der Waals surface area (Å²) in [6, 6.07) is 6.41. The summed E-state index contributed by atoms with van der Waals surface area (Å²) in [4.78, 5) is 13.3. The molecule has 0 radical (unpaired) electrons. The van der Waals surface area contributed by atoms with Gasteiger partial charge in [0.25, 0.3) is 0 Å². The zero-order valence-electron chi connectivity index (χ0n) is 12.9. The van der Waals surface area contributed by atoms with Crippen molar-refractivity contribution in [3.05, 3.63) is 43.1 Å². The van der Waals surface area contributed by atoms with Gasteiger partial charge < -0.3 is 4.90 Å². The molecule has 2 aromatic heterocycles. The van der Waals surface area contributed by atoms with Crippen LogP contribution in [-0.2, 0) is 6.54 Å². The molecular weight excluding hydrogens is 290 g/mol. The van der Waals surface area contributed by atoms with Crippen molar-refractivity contribution in [2.45, 2.75) is 6.54 Å². The van der Waals surface area contributed by atoms with Crippen LogP contribution in [-0.4, -0.2) is 62.6 Å². The number of fused-ring (bicyclic) bond motifs is 1. The third-order valence-electron chi connectivity index (χ3n) is 4.34. The van der Waals surface area contributed by atoms with Crippen LogP contribution < -0.4 is 4.90 Å². The Balaban J connectivity index is 1.36. The van der Waals surface area contributed by atoms with Gasteiger partial charge in [-0.25, -0.2) is 9.97 Å². The lowest BCUT2D eigenvalue weighted by Crippen LogP contribution is -2.47. The first-order valence-electron chi connectivity index (χ1n) is 7.90. The van der Waals surface area contributed by atoms with Gasteiger partial charge in [-0.3, -0.25) is 9.58 Å². The van der Waals surface area contributed by atoms with Crippen molar-refractivity contribution < 1.29 is 0 Å². The van der Waals surface area contributed by atoms with Gasteiger partial charge in [0.05, 0.1) is 18.3 Å². The fourth-order valence-electron chi connectivity index (χ4n) is 2.99. The molecule has 1 aliphatic heterocycles. The molecule has 1 saturated heterocycles. The molecule has 4 rings (SSSR count). The lowest BCUT2D eigenvalue weighted by atomic mass is 10.2. The minimum absolute atomic E-state index is 0.896. The molecule has 1 aliphatic rings. The monoisotopic (exact) mass is 309 g/mol. The minimum Gasteiger partial charge on any atom is -0.369 e. The Labute approximate surface area is 134 Å². The Morgan fingerprint density at radius 3 is 2.78 bits per heavy atom. The van der Waals surface area contributed by atoms with Crippen LogP contribution in [0.3, 0.4) is 0 Å². The molecule has 0 aliphatic carbocycles. The van der Waals surface area contributed by atoms with E-state index >= 15 is 0 Å². The molecule has 0 atom stereocenters. The van der Waals surface area contributed by atoms with E-state index in [0.29, 0.717) is 0 Å². The number of nitrogens with zero attached hydrogens (tertiary/aromatic N) is 7. The van der Waals surface area contributed by atoms with E-state index in [2.05, 4.69) is 48.3 Å². The molecule has 0 N–H and O–H groups in total. The fourth-order valence-corrected chi connectivity index (χ4v) is 2.99.